The van der Waals surface area contributed by atoms with Crippen molar-refractivity contribution in [1.29, 1.82) is 0 Å². The lowest BCUT2D eigenvalue weighted by Gasteiger charge is -2.06. The third-order valence-corrected chi connectivity index (χ3v) is 3.34. The molecule has 0 fully saturated rings. The highest BCUT2D eigenvalue weighted by molar-refractivity contribution is 9.10. The van der Waals surface area contributed by atoms with Crippen LogP contribution in [0.5, 0.6) is 0 Å². The van der Waals surface area contributed by atoms with Crippen molar-refractivity contribution in [3.63, 3.8) is 0 Å². The lowest BCUT2D eigenvalue weighted by molar-refractivity contribution is 0.0953. The van der Waals surface area contributed by atoms with Crippen molar-refractivity contribution in [2.75, 3.05) is 12.4 Å². The third kappa shape index (κ3) is 5.28. The molecule has 0 aliphatic carbocycles. The molecule has 5 heteroatoms. The molecule has 1 rings (SSSR count). The summed E-state index contributed by atoms with van der Waals surface area (Å²) in [6.45, 7) is 0.655. The molecule has 17 heavy (non-hydrogen) atoms. The zero-order valence-electron chi connectivity index (χ0n) is 9.31. The van der Waals surface area contributed by atoms with Crippen LogP contribution >= 0.6 is 39.1 Å². The van der Waals surface area contributed by atoms with Crippen molar-refractivity contribution in [3.8, 4) is 0 Å². The second kappa shape index (κ2) is 7.96. The minimum absolute atomic E-state index is 0.131. The van der Waals surface area contributed by atoms with Gasteiger partial charge in [0.05, 0.1) is 10.6 Å². The molecule has 0 atom stereocenters. The Morgan fingerprint density at radius 2 is 2.06 bits per heavy atom. The number of amides is 1. The largest absolute Gasteiger partial charge is 0.352 e. The second-order valence-electron chi connectivity index (χ2n) is 3.63. The molecule has 0 aromatic heterocycles. The minimum atomic E-state index is -0.131. The maximum Gasteiger partial charge on any atom is 0.252 e. The molecule has 94 valence electrons. The van der Waals surface area contributed by atoms with E-state index in [4.69, 9.17) is 23.2 Å². The first-order valence-electron chi connectivity index (χ1n) is 5.44. The van der Waals surface area contributed by atoms with E-state index in [9.17, 15) is 4.79 Å². The Labute approximate surface area is 120 Å². The summed E-state index contributed by atoms with van der Waals surface area (Å²) >= 11 is 14.8. The van der Waals surface area contributed by atoms with Gasteiger partial charge in [-0.3, -0.25) is 4.79 Å². The van der Waals surface area contributed by atoms with E-state index in [1.54, 1.807) is 18.2 Å². The van der Waals surface area contributed by atoms with E-state index in [2.05, 4.69) is 21.2 Å². The van der Waals surface area contributed by atoms with Crippen LogP contribution in [0, 0.1) is 0 Å². The minimum Gasteiger partial charge on any atom is -0.352 e. The molecule has 1 aromatic carbocycles. The van der Waals surface area contributed by atoms with Crippen LogP contribution < -0.4 is 5.32 Å². The SMILES string of the molecule is O=C(NCCCCCCl)c1ccc(Br)cc1Cl. The van der Waals surface area contributed by atoms with E-state index >= 15 is 0 Å². The van der Waals surface area contributed by atoms with Crippen molar-refractivity contribution < 1.29 is 4.79 Å². The smallest absolute Gasteiger partial charge is 0.252 e. The summed E-state index contributed by atoms with van der Waals surface area (Å²) in [5.74, 6) is 0.542. The second-order valence-corrected chi connectivity index (χ2v) is 5.33. The van der Waals surface area contributed by atoms with Crippen LogP contribution in [0.4, 0.5) is 0 Å². The standard InChI is InChI=1S/C12H14BrCl2NO/c13-9-4-5-10(11(15)8-9)12(17)16-7-3-1-2-6-14/h4-5,8H,1-3,6-7H2,(H,16,17). The van der Waals surface area contributed by atoms with Crippen molar-refractivity contribution >= 4 is 45.0 Å². The van der Waals surface area contributed by atoms with E-state index in [1.807, 2.05) is 0 Å². The van der Waals surface area contributed by atoms with E-state index in [0.717, 1.165) is 23.7 Å². The average Bonchev–Trinajstić information content (AvgIpc) is 2.28. The zero-order valence-corrected chi connectivity index (χ0v) is 12.4. The van der Waals surface area contributed by atoms with Crippen LogP contribution in [-0.2, 0) is 0 Å². The van der Waals surface area contributed by atoms with Gasteiger partial charge in [0.2, 0.25) is 0 Å². The summed E-state index contributed by atoms with van der Waals surface area (Å²) in [4.78, 5) is 11.8. The van der Waals surface area contributed by atoms with Gasteiger partial charge in [-0.05, 0) is 31.0 Å². The number of alkyl halides is 1. The molecular weight excluding hydrogens is 325 g/mol. The summed E-state index contributed by atoms with van der Waals surface area (Å²) in [6, 6.07) is 5.22. The first-order chi connectivity index (χ1) is 8.15. The molecule has 0 aliphatic heterocycles. The van der Waals surface area contributed by atoms with Gasteiger partial charge in [0, 0.05) is 16.9 Å². The predicted molar refractivity (Wildman–Crippen MR) is 76.1 cm³/mol. The molecule has 0 saturated heterocycles. The molecule has 0 radical (unpaired) electrons. The molecule has 1 aromatic rings. The Morgan fingerprint density at radius 3 is 2.71 bits per heavy atom. The predicted octanol–water partition coefficient (Wildman–Crippen LogP) is 4.24. The van der Waals surface area contributed by atoms with E-state index in [0.29, 0.717) is 23.0 Å². The zero-order chi connectivity index (χ0) is 12.7. The van der Waals surface area contributed by atoms with Gasteiger partial charge < -0.3 is 5.32 Å². The fourth-order valence-electron chi connectivity index (χ4n) is 1.37. The van der Waals surface area contributed by atoms with Gasteiger partial charge in [0.25, 0.3) is 5.91 Å². The van der Waals surface area contributed by atoms with Gasteiger partial charge >= 0.3 is 0 Å². The van der Waals surface area contributed by atoms with Crippen molar-refractivity contribution in [2.45, 2.75) is 19.3 Å². The molecule has 0 spiro atoms. The Hall–Kier alpha value is -0.250. The van der Waals surface area contributed by atoms with Crippen LogP contribution in [0.2, 0.25) is 5.02 Å². The highest BCUT2D eigenvalue weighted by atomic mass is 79.9. The summed E-state index contributed by atoms with van der Waals surface area (Å²) < 4.78 is 0.862. The number of halogens is 3. The van der Waals surface area contributed by atoms with Gasteiger partial charge in [-0.2, -0.15) is 0 Å². The van der Waals surface area contributed by atoms with Crippen LogP contribution in [0.1, 0.15) is 29.6 Å². The molecule has 0 unspecified atom stereocenters. The number of nitrogens with one attached hydrogen (secondary N) is 1. The third-order valence-electron chi connectivity index (χ3n) is 2.27. The van der Waals surface area contributed by atoms with Crippen LogP contribution in [0.25, 0.3) is 0 Å². The van der Waals surface area contributed by atoms with E-state index in [-0.39, 0.29) is 5.91 Å². The number of carbonyl (C=O) groups excluding carboxylic acids is 1. The molecule has 2 nitrogen and oxygen atoms in total. The highest BCUT2D eigenvalue weighted by Crippen LogP contribution is 2.21. The molecule has 0 bridgehead atoms. The summed E-state index contributed by atoms with van der Waals surface area (Å²) in [5.41, 5.74) is 0.507. The first kappa shape index (κ1) is 14.8. The van der Waals surface area contributed by atoms with Crippen molar-refractivity contribution in [2.24, 2.45) is 0 Å². The first-order valence-corrected chi connectivity index (χ1v) is 7.15. The summed E-state index contributed by atoms with van der Waals surface area (Å²) in [7, 11) is 0. The molecule has 0 aliphatic rings. The Bertz CT molecular complexity index is 385. The van der Waals surface area contributed by atoms with Crippen LogP contribution in [0.15, 0.2) is 22.7 Å². The molecule has 1 amide bonds. The lowest BCUT2D eigenvalue weighted by atomic mass is 10.2. The number of hydrogen-bond acceptors (Lipinski definition) is 1. The lowest BCUT2D eigenvalue weighted by Crippen LogP contribution is -2.24. The molecule has 0 heterocycles. The maximum atomic E-state index is 11.8. The number of hydrogen-bond donors (Lipinski definition) is 1. The van der Waals surface area contributed by atoms with Gasteiger partial charge in [-0.15, -0.1) is 11.6 Å². The Morgan fingerprint density at radius 1 is 1.29 bits per heavy atom. The van der Waals surface area contributed by atoms with Gasteiger partial charge in [-0.1, -0.05) is 34.0 Å². The Balaban J connectivity index is 2.42. The molecule has 0 saturated carbocycles. The highest BCUT2D eigenvalue weighted by Gasteiger charge is 2.09. The Kier molecular flexibility index (Phi) is 6.93. The number of carbonyl (C=O) groups is 1. The fourth-order valence-corrected chi connectivity index (χ4v) is 2.32. The van der Waals surface area contributed by atoms with E-state index < -0.39 is 0 Å². The van der Waals surface area contributed by atoms with E-state index in [1.165, 1.54) is 0 Å². The van der Waals surface area contributed by atoms with Crippen LogP contribution in [-0.4, -0.2) is 18.3 Å². The monoisotopic (exact) mass is 337 g/mol. The molecular formula is C12H14BrCl2NO. The number of benzene rings is 1. The van der Waals surface area contributed by atoms with Crippen molar-refractivity contribution in [1.82, 2.24) is 5.32 Å². The van der Waals surface area contributed by atoms with Gasteiger partial charge in [0.1, 0.15) is 0 Å². The average molecular weight is 339 g/mol. The van der Waals surface area contributed by atoms with Gasteiger partial charge in [0.15, 0.2) is 0 Å². The molecule has 1 N–H and O–H groups in total. The maximum absolute atomic E-state index is 11.8. The summed E-state index contributed by atoms with van der Waals surface area (Å²) in [5, 5.41) is 3.29. The fraction of sp³-hybridized carbons (Fsp3) is 0.417. The van der Waals surface area contributed by atoms with Gasteiger partial charge in [-0.25, -0.2) is 0 Å². The number of rotatable bonds is 6. The van der Waals surface area contributed by atoms with Crippen LogP contribution in [0.3, 0.4) is 0 Å². The topological polar surface area (TPSA) is 29.1 Å². The number of unbranched alkanes of at least 4 members (excludes halogenated alkanes) is 2. The van der Waals surface area contributed by atoms with Crippen molar-refractivity contribution in [3.05, 3.63) is 33.3 Å². The summed E-state index contributed by atoms with van der Waals surface area (Å²) in [6.07, 6.45) is 2.95. The normalized spacial score (nSPS) is 10.3. The quantitative estimate of drug-likeness (QED) is 0.610.